The number of nitrogens with zero attached hydrogens (tertiary/aromatic N) is 4. The van der Waals surface area contributed by atoms with E-state index in [9.17, 15) is 18.1 Å². The smallest absolute Gasteiger partial charge is 0.200 e. The van der Waals surface area contributed by atoms with Gasteiger partial charge in [-0.05, 0) is 55.7 Å². The van der Waals surface area contributed by atoms with E-state index in [-0.39, 0.29) is 10.6 Å². The number of piperidine rings is 1. The predicted molar refractivity (Wildman–Crippen MR) is 108 cm³/mol. The Morgan fingerprint density at radius 3 is 2.21 bits per heavy atom. The van der Waals surface area contributed by atoms with Crippen LogP contribution in [0.4, 0.5) is 10.2 Å². The van der Waals surface area contributed by atoms with Crippen LogP contribution in [-0.2, 0) is 9.84 Å². The van der Waals surface area contributed by atoms with Crippen molar-refractivity contribution in [3.63, 3.8) is 0 Å². The Labute approximate surface area is 168 Å². The summed E-state index contributed by atoms with van der Waals surface area (Å²) in [5.41, 5.74) is 1.29. The van der Waals surface area contributed by atoms with Crippen LogP contribution in [0.1, 0.15) is 30.2 Å². The second-order valence-electron chi connectivity index (χ2n) is 6.98. The Kier molecular flexibility index (Phi) is 5.16. The highest BCUT2D eigenvalue weighted by Gasteiger charge is 2.35. The van der Waals surface area contributed by atoms with E-state index < -0.39 is 20.9 Å². The zero-order valence-corrected chi connectivity index (χ0v) is 16.4. The van der Waals surface area contributed by atoms with Gasteiger partial charge in [0.15, 0.2) is 11.1 Å². The third-order valence-corrected chi connectivity index (χ3v) is 6.93. The lowest BCUT2D eigenvalue weighted by atomic mass is 10.1. The number of nitriles is 1. The molecule has 4 rings (SSSR count). The Hall–Kier alpha value is -3.05. The van der Waals surface area contributed by atoms with Crippen molar-refractivity contribution in [2.24, 2.45) is 0 Å². The van der Waals surface area contributed by atoms with E-state index in [1.54, 1.807) is 12.1 Å². The summed E-state index contributed by atoms with van der Waals surface area (Å²) in [6.07, 6.45) is 3.04. The van der Waals surface area contributed by atoms with Crippen LogP contribution >= 0.6 is 0 Å². The highest BCUT2D eigenvalue weighted by molar-refractivity contribution is 7.92. The number of anilines is 1. The van der Waals surface area contributed by atoms with E-state index in [1.807, 2.05) is 23.1 Å². The van der Waals surface area contributed by atoms with Gasteiger partial charge in [0.05, 0.1) is 22.0 Å². The summed E-state index contributed by atoms with van der Waals surface area (Å²) in [5.74, 6) is -0.113. The van der Waals surface area contributed by atoms with E-state index in [2.05, 4.69) is 9.97 Å². The molecule has 2 heterocycles. The molecule has 1 aromatic heterocycles. The normalized spacial score (nSPS) is 15.8. The number of halogens is 1. The van der Waals surface area contributed by atoms with Crippen LogP contribution in [0.25, 0.3) is 11.0 Å². The second-order valence-corrected chi connectivity index (χ2v) is 9.01. The Morgan fingerprint density at radius 2 is 1.59 bits per heavy atom. The number of rotatable bonds is 4. The van der Waals surface area contributed by atoms with Gasteiger partial charge in [0.2, 0.25) is 9.84 Å². The van der Waals surface area contributed by atoms with E-state index in [1.165, 1.54) is 12.1 Å². The SMILES string of the molecule is N#C[C@@H](c1nc2ccccc2nc1N1CCCCC1)S(=O)(=O)c1ccc(F)cc1. The van der Waals surface area contributed by atoms with Gasteiger partial charge >= 0.3 is 0 Å². The van der Waals surface area contributed by atoms with Gasteiger partial charge in [0, 0.05) is 13.1 Å². The van der Waals surface area contributed by atoms with Gasteiger partial charge in [-0.3, -0.25) is 0 Å². The van der Waals surface area contributed by atoms with Gasteiger partial charge in [-0.15, -0.1) is 0 Å². The summed E-state index contributed by atoms with van der Waals surface area (Å²) in [6, 6.07) is 13.6. The fraction of sp³-hybridized carbons (Fsp3) is 0.286. The standard InChI is InChI=1S/C21H19FN4O2S/c22-15-8-10-16(11-9-15)29(27,28)19(14-23)20-21(26-12-4-1-5-13-26)25-18-7-3-2-6-17(18)24-20/h2-3,6-11,19H,1,4-5,12-13H2/t19-/m0/s1. The first-order valence-electron chi connectivity index (χ1n) is 9.41. The van der Waals surface area contributed by atoms with Gasteiger partial charge in [-0.25, -0.2) is 22.8 Å². The molecule has 0 unspecified atom stereocenters. The highest BCUT2D eigenvalue weighted by Crippen LogP contribution is 2.34. The molecule has 8 heteroatoms. The summed E-state index contributed by atoms with van der Waals surface area (Å²) in [5, 5.41) is 8.30. The Balaban J connectivity index is 1.89. The van der Waals surface area contributed by atoms with Gasteiger partial charge in [-0.2, -0.15) is 5.26 Å². The summed E-state index contributed by atoms with van der Waals surface area (Å²) < 4.78 is 39.7. The monoisotopic (exact) mass is 410 g/mol. The van der Waals surface area contributed by atoms with Crippen molar-refractivity contribution >= 4 is 26.7 Å². The topological polar surface area (TPSA) is 86.9 Å². The molecule has 1 aliphatic rings. The average molecular weight is 410 g/mol. The molecule has 6 nitrogen and oxygen atoms in total. The highest BCUT2D eigenvalue weighted by atomic mass is 32.2. The predicted octanol–water partition coefficient (Wildman–Crippen LogP) is 3.80. The van der Waals surface area contributed by atoms with E-state index in [4.69, 9.17) is 0 Å². The fourth-order valence-corrected chi connectivity index (χ4v) is 4.93. The molecule has 0 amide bonds. The molecule has 1 aliphatic heterocycles. The number of hydrogen-bond donors (Lipinski definition) is 0. The average Bonchev–Trinajstić information content (AvgIpc) is 2.74. The van der Waals surface area contributed by atoms with Crippen LogP contribution in [0, 0.1) is 17.1 Å². The van der Waals surface area contributed by atoms with E-state index in [0.717, 1.165) is 44.5 Å². The summed E-state index contributed by atoms with van der Waals surface area (Å²) in [6.45, 7) is 1.46. The van der Waals surface area contributed by atoms with Crippen LogP contribution in [0.5, 0.6) is 0 Å². The van der Waals surface area contributed by atoms with Crippen molar-refractivity contribution in [2.45, 2.75) is 29.4 Å². The molecule has 29 heavy (non-hydrogen) atoms. The molecule has 1 saturated heterocycles. The van der Waals surface area contributed by atoms with Gasteiger partial charge < -0.3 is 4.90 Å². The zero-order valence-electron chi connectivity index (χ0n) is 15.6. The Bertz CT molecular complexity index is 1180. The summed E-state index contributed by atoms with van der Waals surface area (Å²) >= 11 is 0. The molecule has 0 radical (unpaired) electrons. The van der Waals surface area contributed by atoms with Crippen molar-refractivity contribution < 1.29 is 12.8 Å². The van der Waals surface area contributed by atoms with E-state index in [0.29, 0.717) is 16.9 Å². The van der Waals surface area contributed by atoms with Gasteiger partial charge in [-0.1, -0.05) is 12.1 Å². The lowest BCUT2D eigenvalue weighted by Crippen LogP contribution is -2.32. The molecular weight excluding hydrogens is 391 g/mol. The summed E-state index contributed by atoms with van der Waals surface area (Å²) in [4.78, 5) is 11.1. The van der Waals surface area contributed by atoms with Crippen molar-refractivity contribution in [2.75, 3.05) is 18.0 Å². The van der Waals surface area contributed by atoms with Crippen molar-refractivity contribution in [1.82, 2.24) is 9.97 Å². The largest absolute Gasteiger partial charge is 0.355 e. The lowest BCUT2D eigenvalue weighted by Gasteiger charge is -2.30. The molecular formula is C21H19FN4O2S. The number of para-hydroxylation sites is 2. The van der Waals surface area contributed by atoms with Crippen LogP contribution in [0.2, 0.25) is 0 Å². The van der Waals surface area contributed by atoms with Crippen LogP contribution in [-0.4, -0.2) is 31.5 Å². The molecule has 2 aromatic carbocycles. The third-order valence-electron chi connectivity index (χ3n) is 5.05. The molecule has 0 spiro atoms. The molecule has 1 atom stereocenters. The first kappa shape index (κ1) is 19.3. The summed E-state index contributed by atoms with van der Waals surface area (Å²) in [7, 11) is -4.11. The number of fused-ring (bicyclic) bond motifs is 1. The second kappa shape index (κ2) is 7.76. The third kappa shape index (κ3) is 3.66. The maximum absolute atomic E-state index is 13.3. The Morgan fingerprint density at radius 1 is 0.966 bits per heavy atom. The molecule has 0 N–H and O–H groups in total. The maximum atomic E-state index is 13.3. The number of hydrogen-bond acceptors (Lipinski definition) is 6. The molecule has 1 fully saturated rings. The maximum Gasteiger partial charge on any atom is 0.200 e. The molecule has 0 aliphatic carbocycles. The molecule has 148 valence electrons. The number of aromatic nitrogens is 2. The number of benzene rings is 2. The van der Waals surface area contributed by atoms with Crippen LogP contribution < -0.4 is 4.90 Å². The minimum Gasteiger partial charge on any atom is -0.355 e. The molecule has 0 saturated carbocycles. The fourth-order valence-electron chi connectivity index (χ4n) is 3.56. The van der Waals surface area contributed by atoms with Gasteiger partial charge in [0.25, 0.3) is 0 Å². The minimum atomic E-state index is -4.11. The first-order chi connectivity index (χ1) is 14.0. The van der Waals surface area contributed by atoms with Crippen molar-refractivity contribution in [3.05, 3.63) is 60.0 Å². The minimum absolute atomic E-state index is 0.120. The zero-order chi connectivity index (χ0) is 20.4. The van der Waals surface area contributed by atoms with Gasteiger partial charge in [0.1, 0.15) is 11.5 Å². The number of sulfone groups is 1. The van der Waals surface area contributed by atoms with E-state index >= 15 is 0 Å². The molecule has 0 bridgehead atoms. The quantitative estimate of drug-likeness (QED) is 0.608. The van der Waals surface area contributed by atoms with Crippen molar-refractivity contribution in [3.8, 4) is 6.07 Å². The van der Waals surface area contributed by atoms with Crippen LogP contribution in [0.15, 0.2) is 53.4 Å². The molecule has 3 aromatic rings. The lowest BCUT2D eigenvalue weighted by molar-refractivity contribution is 0.569. The van der Waals surface area contributed by atoms with Crippen LogP contribution in [0.3, 0.4) is 0 Å². The van der Waals surface area contributed by atoms with Crippen molar-refractivity contribution in [1.29, 1.82) is 5.26 Å². The first-order valence-corrected chi connectivity index (χ1v) is 11.0.